The summed E-state index contributed by atoms with van der Waals surface area (Å²) < 4.78 is 70.9. The van der Waals surface area contributed by atoms with Gasteiger partial charge in [-0.3, -0.25) is 0 Å². The number of ether oxygens (including phenoxy) is 1. The lowest BCUT2D eigenvalue weighted by Crippen LogP contribution is -2.51. The van der Waals surface area contributed by atoms with Gasteiger partial charge in [-0.25, -0.2) is 28.4 Å². The summed E-state index contributed by atoms with van der Waals surface area (Å²) in [7, 11) is 0. The molecule has 1 saturated carbocycles. The molecule has 0 aromatic carbocycles. The average Bonchev–Trinajstić information content (AvgIpc) is 3.14. The van der Waals surface area contributed by atoms with Crippen LogP contribution in [0.5, 0.6) is 5.88 Å². The van der Waals surface area contributed by atoms with Crippen molar-refractivity contribution in [3.8, 4) is 5.88 Å². The van der Waals surface area contributed by atoms with E-state index in [1.54, 1.807) is 6.20 Å². The van der Waals surface area contributed by atoms with Crippen LogP contribution < -0.4 is 9.64 Å². The van der Waals surface area contributed by atoms with Gasteiger partial charge in [-0.15, -0.1) is 0 Å². The fourth-order valence-corrected chi connectivity index (χ4v) is 4.67. The first kappa shape index (κ1) is 21.8. The van der Waals surface area contributed by atoms with E-state index in [4.69, 9.17) is 4.74 Å². The average molecular weight is 468 g/mol. The van der Waals surface area contributed by atoms with Crippen molar-refractivity contribution in [2.24, 2.45) is 5.41 Å². The topological polar surface area (TPSA) is 69.0 Å². The molecule has 1 aliphatic carbocycles. The zero-order valence-corrected chi connectivity index (χ0v) is 17.5. The summed E-state index contributed by atoms with van der Waals surface area (Å²) in [5.41, 5.74) is -0.0817. The molecule has 3 aromatic heterocycles. The Balaban J connectivity index is 1.19. The lowest BCUT2D eigenvalue weighted by Gasteiger charge is -2.51. The van der Waals surface area contributed by atoms with Crippen molar-refractivity contribution in [1.29, 1.82) is 0 Å². The van der Waals surface area contributed by atoms with Crippen LogP contribution in [-0.4, -0.2) is 50.4 Å². The monoisotopic (exact) mass is 468 g/mol. The molecule has 12 heteroatoms. The highest BCUT2D eigenvalue weighted by molar-refractivity contribution is 5.71. The van der Waals surface area contributed by atoms with Crippen LogP contribution in [0.1, 0.15) is 31.4 Å². The van der Waals surface area contributed by atoms with E-state index in [0.29, 0.717) is 17.0 Å². The van der Waals surface area contributed by atoms with Crippen LogP contribution in [0.3, 0.4) is 0 Å². The Labute approximate surface area is 185 Å². The number of halogens is 5. The summed E-state index contributed by atoms with van der Waals surface area (Å²) in [5, 5.41) is 3.94. The largest absolute Gasteiger partial charge is 0.474 e. The van der Waals surface area contributed by atoms with Gasteiger partial charge in [0, 0.05) is 19.2 Å². The van der Waals surface area contributed by atoms with Crippen molar-refractivity contribution in [2.75, 3.05) is 18.0 Å². The summed E-state index contributed by atoms with van der Waals surface area (Å²) in [5.74, 6) is 0.611. The van der Waals surface area contributed by atoms with Crippen LogP contribution >= 0.6 is 0 Å². The number of piperidine rings is 1. The smallest absolute Gasteiger partial charge is 0.433 e. The van der Waals surface area contributed by atoms with Crippen LogP contribution in [0.4, 0.5) is 27.8 Å². The number of fused-ring (bicyclic) bond motifs is 1. The quantitative estimate of drug-likeness (QED) is 0.519. The molecule has 2 aliphatic rings. The third kappa shape index (κ3) is 4.42. The number of rotatable bonds is 5. The van der Waals surface area contributed by atoms with E-state index in [-0.39, 0.29) is 17.4 Å². The van der Waals surface area contributed by atoms with Gasteiger partial charge in [0.2, 0.25) is 5.88 Å². The molecule has 0 atom stereocenters. The summed E-state index contributed by atoms with van der Waals surface area (Å²) in [4.78, 5) is 14.4. The van der Waals surface area contributed by atoms with Crippen LogP contribution in [-0.2, 0) is 12.7 Å². The molecule has 176 valence electrons. The predicted octanol–water partition coefficient (Wildman–Crippen LogP) is 4.33. The molecule has 0 N–H and O–H groups in total. The van der Waals surface area contributed by atoms with E-state index in [9.17, 15) is 22.0 Å². The molecule has 33 heavy (non-hydrogen) atoms. The lowest BCUT2D eigenvalue weighted by molar-refractivity contribution is -0.141. The van der Waals surface area contributed by atoms with Crippen molar-refractivity contribution in [3.05, 3.63) is 36.3 Å². The minimum absolute atomic E-state index is 0.00824. The second kappa shape index (κ2) is 8.07. The number of nitrogens with zero attached hydrogens (tertiary/aromatic N) is 6. The van der Waals surface area contributed by atoms with Gasteiger partial charge in [0.1, 0.15) is 29.7 Å². The van der Waals surface area contributed by atoms with Crippen LogP contribution in [0.25, 0.3) is 11.2 Å². The highest BCUT2D eigenvalue weighted by Gasteiger charge is 2.47. The van der Waals surface area contributed by atoms with E-state index in [1.165, 1.54) is 18.3 Å². The fourth-order valence-electron chi connectivity index (χ4n) is 4.67. The van der Waals surface area contributed by atoms with Crippen molar-refractivity contribution >= 4 is 17.0 Å². The molecule has 0 radical (unpaired) electrons. The lowest BCUT2D eigenvalue weighted by atomic mass is 9.61. The van der Waals surface area contributed by atoms with Gasteiger partial charge < -0.3 is 9.64 Å². The van der Waals surface area contributed by atoms with Crippen molar-refractivity contribution < 1.29 is 26.7 Å². The SMILES string of the molecule is FC(F)Cn1ncc2ncc(N3CCC4(CC3)CC(Oc3cccc(C(F)(F)F)n3)C4)nc21. The summed E-state index contributed by atoms with van der Waals surface area (Å²) in [6, 6.07) is 3.66. The van der Waals surface area contributed by atoms with Crippen molar-refractivity contribution in [3.63, 3.8) is 0 Å². The Morgan fingerprint density at radius 1 is 1.09 bits per heavy atom. The number of hydrogen-bond donors (Lipinski definition) is 0. The maximum Gasteiger partial charge on any atom is 0.433 e. The maximum atomic E-state index is 12.8. The molecule has 0 amide bonds. The summed E-state index contributed by atoms with van der Waals surface area (Å²) >= 11 is 0. The van der Waals surface area contributed by atoms with Crippen molar-refractivity contribution in [2.45, 2.75) is 50.9 Å². The Bertz CT molecular complexity index is 1130. The first-order valence-corrected chi connectivity index (χ1v) is 10.6. The Morgan fingerprint density at radius 3 is 2.55 bits per heavy atom. The minimum atomic E-state index is -4.50. The van der Waals surface area contributed by atoms with Crippen molar-refractivity contribution in [1.82, 2.24) is 24.7 Å². The van der Waals surface area contributed by atoms with Gasteiger partial charge in [-0.05, 0) is 37.2 Å². The Hall–Kier alpha value is -3.05. The fraction of sp³-hybridized carbons (Fsp3) is 0.524. The van der Waals surface area contributed by atoms with Crippen LogP contribution in [0, 0.1) is 5.41 Å². The van der Waals surface area contributed by atoms with Crippen LogP contribution in [0.15, 0.2) is 30.6 Å². The number of hydrogen-bond acceptors (Lipinski definition) is 6. The second-order valence-corrected chi connectivity index (χ2v) is 8.65. The molecule has 0 bridgehead atoms. The molecule has 1 saturated heterocycles. The number of alkyl halides is 5. The molecular weight excluding hydrogens is 447 g/mol. The van der Waals surface area contributed by atoms with Gasteiger partial charge in [0.15, 0.2) is 5.65 Å². The highest BCUT2D eigenvalue weighted by atomic mass is 19.4. The van der Waals surface area contributed by atoms with Gasteiger partial charge in [0.25, 0.3) is 6.43 Å². The third-order valence-electron chi connectivity index (χ3n) is 6.41. The Morgan fingerprint density at radius 2 is 1.85 bits per heavy atom. The van der Waals surface area contributed by atoms with E-state index in [2.05, 4.69) is 25.0 Å². The molecule has 5 rings (SSSR count). The van der Waals surface area contributed by atoms with E-state index in [1.807, 2.05) is 0 Å². The van der Waals surface area contributed by atoms with Gasteiger partial charge in [-0.1, -0.05) is 6.07 Å². The first-order valence-electron chi connectivity index (χ1n) is 10.6. The molecule has 1 aliphatic heterocycles. The van der Waals surface area contributed by atoms with E-state index >= 15 is 0 Å². The first-order chi connectivity index (χ1) is 15.7. The maximum absolute atomic E-state index is 12.8. The number of anilines is 1. The third-order valence-corrected chi connectivity index (χ3v) is 6.41. The number of aromatic nitrogens is 5. The molecule has 0 unspecified atom stereocenters. The molecular formula is C21H21F5N6O. The molecule has 2 fully saturated rings. The zero-order valence-electron chi connectivity index (χ0n) is 17.5. The molecule has 1 spiro atoms. The molecule has 4 heterocycles. The van der Waals surface area contributed by atoms with Gasteiger partial charge in [0.05, 0.1) is 12.4 Å². The minimum Gasteiger partial charge on any atom is -0.474 e. The predicted molar refractivity (Wildman–Crippen MR) is 108 cm³/mol. The standard InChI is InChI=1S/C21H21F5N6O/c22-16(23)12-32-19-14(10-28-32)27-11-17(30-19)31-6-4-20(5-7-31)8-13(9-20)33-18-3-1-2-15(29-18)21(24,25)26/h1-3,10-11,13,16H,4-9,12H2. The number of pyridine rings is 1. The molecule has 3 aromatic rings. The Kier molecular flexibility index (Phi) is 5.32. The second-order valence-electron chi connectivity index (χ2n) is 8.65. The highest BCUT2D eigenvalue weighted by Crippen LogP contribution is 2.50. The van der Waals surface area contributed by atoms with Gasteiger partial charge in [-0.2, -0.15) is 18.3 Å². The van der Waals surface area contributed by atoms with Crippen LogP contribution in [0.2, 0.25) is 0 Å². The molecule has 7 nitrogen and oxygen atoms in total. The van der Waals surface area contributed by atoms with E-state index < -0.39 is 24.8 Å². The van der Waals surface area contributed by atoms with Gasteiger partial charge >= 0.3 is 6.18 Å². The zero-order chi connectivity index (χ0) is 23.2. The summed E-state index contributed by atoms with van der Waals surface area (Å²) in [6.45, 7) is 0.905. The summed E-state index contributed by atoms with van der Waals surface area (Å²) in [6.07, 6.45) is -0.891. The van der Waals surface area contributed by atoms with E-state index in [0.717, 1.165) is 49.5 Å². The normalized spacial score (nSPS) is 18.8.